The van der Waals surface area contributed by atoms with Gasteiger partial charge in [-0.05, 0) is 18.2 Å². The minimum atomic E-state index is -0.672. The Balaban J connectivity index is 2.03. The van der Waals surface area contributed by atoms with E-state index >= 15 is 0 Å². The van der Waals surface area contributed by atoms with Gasteiger partial charge >= 0.3 is 6.09 Å². The molecule has 0 aliphatic carbocycles. The number of aromatic nitrogens is 1. The predicted molar refractivity (Wildman–Crippen MR) is 68.8 cm³/mol. The number of nitrogens with two attached hydrogens (primary N) is 1. The van der Waals surface area contributed by atoms with Crippen molar-refractivity contribution in [2.45, 2.75) is 0 Å². The standard InChI is InChI=1S/C13H11N3O3/c14-12(17)9-6-10(8-15-7-9)16-13(18)19-11-4-2-1-3-5-11/h1-8H,(H2,14,17)(H,16,18). The van der Waals surface area contributed by atoms with Gasteiger partial charge in [0.25, 0.3) is 0 Å². The Morgan fingerprint density at radius 2 is 1.89 bits per heavy atom. The molecule has 1 heterocycles. The van der Waals surface area contributed by atoms with Gasteiger partial charge in [-0.1, -0.05) is 18.2 Å². The quantitative estimate of drug-likeness (QED) is 0.876. The molecule has 3 N–H and O–H groups in total. The maximum absolute atomic E-state index is 11.6. The van der Waals surface area contributed by atoms with Crippen molar-refractivity contribution in [3.63, 3.8) is 0 Å². The third-order valence-corrected chi connectivity index (χ3v) is 2.22. The minimum absolute atomic E-state index is 0.206. The highest BCUT2D eigenvalue weighted by Crippen LogP contribution is 2.11. The Kier molecular flexibility index (Phi) is 3.72. The number of amides is 2. The summed E-state index contributed by atoms with van der Waals surface area (Å²) in [5.74, 6) is -0.202. The number of nitrogens with one attached hydrogen (secondary N) is 1. The number of ether oxygens (including phenoxy) is 1. The summed E-state index contributed by atoms with van der Waals surface area (Å²) in [6.45, 7) is 0. The normalized spacial score (nSPS) is 9.68. The second-order valence-electron chi connectivity index (χ2n) is 3.65. The summed E-state index contributed by atoms with van der Waals surface area (Å²) in [6.07, 6.45) is 2.03. The molecule has 19 heavy (non-hydrogen) atoms. The van der Waals surface area contributed by atoms with Crippen LogP contribution in [-0.4, -0.2) is 17.0 Å². The molecule has 0 unspecified atom stereocenters. The van der Waals surface area contributed by atoms with E-state index in [2.05, 4.69) is 10.3 Å². The molecular weight excluding hydrogens is 246 g/mol. The molecule has 0 saturated carbocycles. The number of nitrogens with zero attached hydrogens (tertiary/aromatic N) is 1. The second-order valence-corrected chi connectivity index (χ2v) is 3.65. The number of carbonyl (C=O) groups is 2. The van der Waals surface area contributed by atoms with Crippen LogP contribution < -0.4 is 15.8 Å². The minimum Gasteiger partial charge on any atom is -0.410 e. The zero-order chi connectivity index (χ0) is 13.7. The van der Waals surface area contributed by atoms with E-state index in [0.29, 0.717) is 11.4 Å². The summed E-state index contributed by atoms with van der Waals surface area (Å²) in [7, 11) is 0. The van der Waals surface area contributed by atoms with E-state index in [4.69, 9.17) is 10.5 Å². The molecule has 6 nitrogen and oxygen atoms in total. The van der Waals surface area contributed by atoms with Gasteiger partial charge < -0.3 is 10.5 Å². The van der Waals surface area contributed by atoms with Crippen LogP contribution in [0.15, 0.2) is 48.8 Å². The molecule has 0 radical (unpaired) electrons. The molecule has 1 aromatic carbocycles. The summed E-state index contributed by atoms with van der Waals surface area (Å²) in [5.41, 5.74) is 5.65. The van der Waals surface area contributed by atoms with Crippen molar-refractivity contribution in [2.75, 3.05) is 5.32 Å². The van der Waals surface area contributed by atoms with Gasteiger partial charge in [-0.3, -0.25) is 15.1 Å². The lowest BCUT2D eigenvalue weighted by Gasteiger charge is -2.06. The summed E-state index contributed by atoms with van der Waals surface area (Å²) in [6, 6.07) is 10.0. The molecule has 0 spiro atoms. The molecule has 2 amide bonds. The Labute approximate surface area is 109 Å². The number of anilines is 1. The Morgan fingerprint density at radius 1 is 1.16 bits per heavy atom. The molecular formula is C13H11N3O3. The van der Waals surface area contributed by atoms with Crippen LogP contribution >= 0.6 is 0 Å². The van der Waals surface area contributed by atoms with Gasteiger partial charge in [-0.2, -0.15) is 0 Å². The van der Waals surface area contributed by atoms with Crippen LogP contribution in [0.2, 0.25) is 0 Å². The molecule has 6 heteroatoms. The molecule has 2 rings (SSSR count). The average molecular weight is 257 g/mol. The van der Waals surface area contributed by atoms with Crippen LogP contribution in [0.25, 0.3) is 0 Å². The van der Waals surface area contributed by atoms with Gasteiger partial charge in [-0.15, -0.1) is 0 Å². The third-order valence-electron chi connectivity index (χ3n) is 2.22. The fourth-order valence-corrected chi connectivity index (χ4v) is 1.38. The SMILES string of the molecule is NC(=O)c1cncc(NC(=O)Oc2ccccc2)c1. The molecule has 0 fully saturated rings. The molecule has 0 aliphatic heterocycles. The monoisotopic (exact) mass is 257 g/mol. The van der Waals surface area contributed by atoms with Crippen molar-refractivity contribution in [2.24, 2.45) is 5.73 Å². The lowest BCUT2D eigenvalue weighted by atomic mass is 10.2. The van der Waals surface area contributed by atoms with E-state index in [1.165, 1.54) is 18.5 Å². The number of pyridine rings is 1. The molecule has 96 valence electrons. The summed E-state index contributed by atoms with van der Waals surface area (Å²) in [4.78, 5) is 26.3. The predicted octanol–water partition coefficient (Wildman–Crippen LogP) is 1.79. The first kappa shape index (κ1) is 12.6. The maximum Gasteiger partial charge on any atom is 0.417 e. The number of carbonyl (C=O) groups excluding carboxylic acids is 2. The highest BCUT2D eigenvalue weighted by molar-refractivity contribution is 5.94. The lowest BCUT2D eigenvalue weighted by Crippen LogP contribution is -2.18. The lowest BCUT2D eigenvalue weighted by molar-refractivity contribution is 0.1000. The van der Waals surface area contributed by atoms with Crippen LogP contribution in [0, 0.1) is 0 Å². The van der Waals surface area contributed by atoms with Crippen LogP contribution in [0.5, 0.6) is 5.75 Å². The molecule has 2 aromatic rings. The second kappa shape index (κ2) is 5.63. The highest BCUT2D eigenvalue weighted by atomic mass is 16.6. The van der Waals surface area contributed by atoms with E-state index in [1.807, 2.05) is 6.07 Å². The van der Waals surface area contributed by atoms with Crippen LogP contribution in [0.3, 0.4) is 0 Å². The van der Waals surface area contributed by atoms with Gasteiger partial charge in [0.15, 0.2) is 0 Å². The Bertz CT molecular complexity index is 599. The van der Waals surface area contributed by atoms with Crippen molar-refractivity contribution in [1.29, 1.82) is 0 Å². The molecule has 0 aliphatic rings. The average Bonchev–Trinajstić information content (AvgIpc) is 2.40. The van der Waals surface area contributed by atoms with E-state index < -0.39 is 12.0 Å². The first-order chi connectivity index (χ1) is 9.15. The third kappa shape index (κ3) is 3.53. The van der Waals surface area contributed by atoms with E-state index in [-0.39, 0.29) is 5.56 Å². The van der Waals surface area contributed by atoms with E-state index in [1.54, 1.807) is 24.3 Å². The number of benzene rings is 1. The van der Waals surface area contributed by atoms with Gasteiger partial charge in [0, 0.05) is 6.20 Å². The van der Waals surface area contributed by atoms with Crippen molar-refractivity contribution in [3.05, 3.63) is 54.4 Å². The Morgan fingerprint density at radius 3 is 2.58 bits per heavy atom. The number of hydrogen-bond donors (Lipinski definition) is 2. The fraction of sp³-hybridized carbons (Fsp3) is 0. The van der Waals surface area contributed by atoms with Crippen molar-refractivity contribution in [3.8, 4) is 5.75 Å². The van der Waals surface area contributed by atoms with Crippen molar-refractivity contribution >= 4 is 17.7 Å². The summed E-state index contributed by atoms with van der Waals surface area (Å²) in [5, 5.41) is 2.45. The molecule has 0 atom stereocenters. The summed E-state index contributed by atoms with van der Waals surface area (Å²) >= 11 is 0. The first-order valence-corrected chi connectivity index (χ1v) is 5.44. The number of hydrogen-bond acceptors (Lipinski definition) is 4. The smallest absolute Gasteiger partial charge is 0.410 e. The van der Waals surface area contributed by atoms with E-state index in [0.717, 1.165) is 0 Å². The fourth-order valence-electron chi connectivity index (χ4n) is 1.38. The van der Waals surface area contributed by atoms with Gasteiger partial charge in [0.1, 0.15) is 5.75 Å². The molecule has 1 aromatic heterocycles. The topological polar surface area (TPSA) is 94.3 Å². The van der Waals surface area contributed by atoms with Crippen LogP contribution in [0.1, 0.15) is 10.4 Å². The number of primary amides is 1. The number of para-hydroxylation sites is 1. The van der Waals surface area contributed by atoms with Crippen molar-refractivity contribution in [1.82, 2.24) is 4.98 Å². The maximum atomic E-state index is 11.6. The van der Waals surface area contributed by atoms with Crippen LogP contribution in [0.4, 0.5) is 10.5 Å². The zero-order valence-corrected chi connectivity index (χ0v) is 9.87. The van der Waals surface area contributed by atoms with Gasteiger partial charge in [-0.25, -0.2) is 4.79 Å². The highest BCUT2D eigenvalue weighted by Gasteiger charge is 2.07. The van der Waals surface area contributed by atoms with Crippen LogP contribution in [-0.2, 0) is 0 Å². The molecule has 0 saturated heterocycles. The van der Waals surface area contributed by atoms with E-state index in [9.17, 15) is 9.59 Å². The van der Waals surface area contributed by atoms with Crippen molar-refractivity contribution < 1.29 is 14.3 Å². The Hall–Kier alpha value is -2.89. The summed E-state index contributed by atoms with van der Waals surface area (Å²) < 4.78 is 5.02. The molecule has 0 bridgehead atoms. The zero-order valence-electron chi connectivity index (χ0n) is 9.87. The first-order valence-electron chi connectivity index (χ1n) is 5.44. The largest absolute Gasteiger partial charge is 0.417 e. The van der Waals surface area contributed by atoms with Gasteiger partial charge in [0.05, 0.1) is 17.4 Å². The van der Waals surface area contributed by atoms with Gasteiger partial charge in [0.2, 0.25) is 5.91 Å². The number of rotatable bonds is 3.